The van der Waals surface area contributed by atoms with Gasteiger partial charge in [0.25, 0.3) is 0 Å². The summed E-state index contributed by atoms with van der Waals surface area (Å²) in [6.07, 6.45) is 0.154. The molecule has 3 heterocycles. The highest BCUT2D eigenvalue weighted by molar-refractivity contribution is 5.89. The molecule has 2 aromatic carbocycles. The second kappa shape index (κ2) is 10.6. The summed E-state index contributed by atoms with van der Waals surface area (Å²) in [6, 6.07) is 14.3. The third-order valence-electron chi connectivity index (χ3n) is 7.06. The lowest BCUT2D eigenvalue weighted by atomic mass is 9.84. The number of halogens is 2. The van der Waals surface area contributed by atoms with Gasteiger partial charge < -0.3 is 19.5 Å². The number of ether oxygens (including phenoxy) is 3. The molecule has 4 atom stereocenters. The van der Waals surface area contributed by atoms with Crippen molar-refractivity contribution in [1.82, 2.24) is 19.5 Å². The number of aromatic nitrogens is 4. The number of esters is 2. The van der Waals surface area contributed by atoms with Gasteiger partial charge in [0.15, 0.2) is 34.5 Å². The third kappa shape index (κ3) is 4.97. The van der Waals surface area contributed by atoms with Gasteiger partial charge in [0.1, 0.15) is 24.9 Å². The molecule has 1 saturated heterocycles. The minimum atomic E-state index is -2.30. The van der Waals surface area contributed by atoms with E-state index >= 15 is 4.39 Å². The van der Waals surface area contributed by atoms with E-state index < -0.39 is 35.5 Å². The zero-order valence-corrected chi connectivity index (χ0v) is 22.0. The van der Waals surface area contributed by atoms with E-state index in [0.717, 1.165) is 5.56 Å². The van der Waals surface area contributed by atoms with Gasteiger partial charge in [-0.25, -0.2) is 28.5 Å². The van der Waals surface area contributed by atoms with E-state index in [1.807, 2.05) is 0 Å². The van der Waals surface area contributed by atoms with Crippen LogP contribution in [0.3, 0.4) is 0 Å². The summed E-state index contributed by atoms with van der Waals surface area (Å²) in [6.45, 7) is 3.78. The Kier molecular flexibility index (Phi) is 7.19. The van der Waals surface area contributed by atoms with E-state index in [9.17, 15) is 14.0 Å². The number of rotatable bonds is 8. The summed E-state index contributed by atoms with van der Waals surface area (Å²) in [5.41, 5.74) is -2.40. The largest absolute Gasteiger partial charge is 0.459 e. The Hall–Kier alpha value is -4.45. The maximum atomic E-state index is 16.7. The van der Waals surface area contributed by atoms with Crippen LogP contribution in [0.5, 0.6) is 0 Å². The first-order chi connectivity index (χ1) is 19.1. The van der Waals surface area contributed by atoms with Crippen molar-refractivity contribution in [3.63, 3.8) is 0 Å². The summed E-state index contributed by atoms with van der Waals surface area (Å²) in [5, 5.41) is 3.14. The molecule has 1 aliphatic heterocycles. The van der Waals surface area contributed by atoms with Gasteiger partial charge in [-0.05, 0) is 43.7 Å². The molecule has 12 heteroatoms. The van der Waals surface area contributed by atoms with Crippen molar-refractivity contribution in [3.8, 4) is 0 Å². The quantitative estimate of drug-likeness (QED) is 0.318. The minimum Gasteiger partial charge on any atom is -0.459 e. The Labute approximate surface area is 228 Å². The van der Waals surface area contributed by atoms with Crippen LogP contribution in [0.1, 0.15) is 42.9 Å². The molecule has 0 spiro atoms. The number of alkyl halides is 1. The molecule has 0 saturated carbocycles. The van der Waals surface area contributed by atoms with Crippen molar-refractivity contribution in [3.05, 3.63) is 84.2 Å². The zero-order valence-electron chi connectivity index (χ0n) is 22.0. The van der Waals surface area contributed by atoms with Crippen molar-refractivity contribution in [2.75, 3.05) is 11.9 Å². The van der Waals surface area contributed by atoms with E-state index in [4.69, 9.17) is 14.2 Å². The van der Waals surface area contributed by atoms with Crippen LogP contribution in [-0.2, 0) is 25.5 Å². The summed E-state index contributed by atoms with van der Waals surface area (Å²) in [5.74, 6) is -1.31. The van der Waals surface area contributed by atoms with Gasteiger partial charge in [0.2, 0.25) is 0 Å². The first-order valence-corrected chi connectivity index (χ1v) is 12.5. The van der Waals surface area contributed by atoms with E-state index in [1.54, 1.807) is 42.5 Å². The highest BCUT2D eigenvalue weighted by atomic mass is 19.1. The molecule has 0 aliphatic carbocycles. The number of nitrogens with zero attached hydrogens (tertiary/aromatic N) is 4. The smallest absolute Gasteiger partial charge is 0.338 e. The number of benzene rings is 2. The first-order valence-electron chi connectivity index (χ1n) is 12.5. The molecule has 2 aromatic heterocycles. The molecule has 208 valence electrons. The fourth-order valence-corrected chi connectivity index (χ4v) is 4.71. The zero-order chi connectivity index (χ0) is 28.5. The first kappa shape index (κ1) is 27.1. The van der Waals surface area contributed by atoms with Crippen molar-refractivity contribution >= 4 is 28.9 Å². The number of carbonyl (C=O) groups excluding carboxylic acids is 2. The Morgan fingerprint density at radius 1 is 1.07 bits per heavy atom. The van der Waals surface area contributed by atoms with Gasteiger partial charge in [0, 0.05) is 13.5 Å². The maximum Gasteiger partial charge on any atom is 0.338 e. The van der Waals surface area contributed by atoms with E-state index in [0.29, 0.717) is 23.4 Å². The summed E-state index contributed by atoms with van der Waals surface area (Å²) >= 11 is 0. The van der Waals surface area contributed by atoms with Crippen LogP contribution in [0.15, 0.2) is 67.3 Å². The average molecular weight is 552 g/mol. The van der Waals surface area contributed by atoms with Gasteiger partial charge in [-0.15, -0.1) is 0 Å². The highest BCUT2D eigenvalue weighted by Gasteiger charge is 2.66. The molecule has 0 unspecified atom stereocenters. The monoisotopic (exact) mass is 551 g/mol. The van der Waals surface area contributed by atoms with Crippen molar-refractivity contribution in [1.29, 1.82) is 0 Å². The molecule has 1 fully saturated rings. The Bertz CT molecular complexity index is 1530. The summed E-state index contributed by atoms with van der Waals surface area (Å²) in [7, 11) is 0. The standard InChI is InChI=1S/C28H27F2N5O5/c1-17(36)40-28(3)21(14-38-25(37)19-7-5-4-6-8-19)39-26(27(28,2)30)35-16-34-22-23(32-15-33-24(22)35)31-13-18-9-11-20(29)12-10-18/h4-12,15-16,21,26H,13-14H2,1-3H3,(H,31,32,33)/t21-,26-,27+,28+/m1/s1. The molecular formula is C28H27F2N5O5. The second-order valence-electron chi connectivity index (χ2n) is 9.74. The summed E-state index contributed by atoms with van der Waals surface area (Å²) < 4.78 is 48.3. The molecule has 1 aliphatic rings. The Balaban J connectivity index is 1.42. The Morgan fingerprint density at radius 3 is 2.50 bits per heavy atom. The number of anilines is 1. The molecule has 0 radical (unpaired) electrons. The number of fused-ring (bicyclic) bond motifs is 1. The predicted molar refractivity (Wildman–Crippen MR) is 139 cm³/mol. The van der Waals surface area contributed by atoms with E-state index in [-0.39, 0.29) is 18.1 Å². The average Bonchev–Trinajstić information content (AvgIpc) is 3.44. The fraction of sp³-hybridized carbons (Fsp3) is 0.321. The van der Waals surface area contributed by atoms with Gasteiger partial charge in [-0.1, -0.05) is 30.3 Å². The number of hydrogen-bond donors (Lipinski definition) is 1. The molecular weight excluding hydrogens is 524 g/mol. The van der Waals surface area contributed by atoms with E-state index in [1.165, 1.54) is 50.1 Å². The lowest BCUT2D eigenvalue weighted by Gasteiger charge is -2.36. The lowest BCUT2D eigenvalue weighted by Crippen LogP contribution is -2.55. The molecule has 1 N–H and O–H groups in total. The molecule has 5 rings (SSSR count). The molecule has 4 aromatic rings. The molecule has 0 bridgehead atoms. The topological polar surface area (TPSA) is 117 Å². The van der Waals surface area contributed by atoms with Crippen LogP contribution < -0.4 is 5.32 Å². The molecule has 40 heavy (non-hydrogen) atoms. The van der Waals surface area contributed by atoms with Gasteiger partial charge in [-0.3, -0.25) is 9.36 Å². The molecule has 10 nitrogen and oxygen atoms in total. The SMILES string of the molecule is CC(=O)O[C@@]1(C)[C@@H](COC(=O)c2ccccc2)O[C@@H](n2cnc3c(NCc4ccc(F)cc4)ncnc32)[C@]1(C)F. The predicted octanol–water partition coefficient (Wildman–Crippen LogP) is 4.38. The van der Waals surface area contributed by atoms with E-state index in [2.05, 4.69) is 20.3 Å². The van der Waals surface area contributed by atoms with Crippen LogP contribution in [0.2, 0.25) is 0 Å². The fourth-order valence-electron chi connectivity index (χ4n) is 4.71. The Morgan fingerprint density at radius 2 is 1.80 bits per heavy atom. The van der Waals surface area contributed by atoms with Crippen LogP contribution in [0.4, 0.5) is 14.6 Å². The molecule has 0 amide bonds. The second-order valence-corrected chi connectivity index (χ2v) is 9.74. The van der Waals surface area contributed by atoms with Gasteiger partial charge in [-0.2, -0.15) is 0 Å². The van der Waals surface area contributed by atoms with Crippen LogP contribution in [-0.4, -0.2) is 55.4 Å². The van der Waals surface area contributed by atoms with Crippen LogP contribution in [0.25, 0.3) is 11.2 Å². The highest BCUT2D eigenvalue weighted by Crippen LogP contribution is 2.51. The van der Waals surface area contributed by atoms with Crippen LogP contribution >= 0.6 is 0 Å². The normalized spacial score (nSPS) is 24.1. The summed E-state index contributed by atoms with van der Waals surface area (Å²) in [4.78, 5) is 37.5. The number of carbonyl (C=O) groups is 2. The van der Waals surface area contributed by atoms with Crippen molar-refractivity contribution in [2.24, 2.45) is 0 Å². The van der Waals surface area contributed by atoms with Crippen LogP contribution in [0, 0.1) is 5.82 Å². The number of hydrogen-bond acceptors (Lipinski definition) is 9. The lowest BCUT2D eigenvalue weighted by molar-refractivity contribution is -0.175. The maximum absolute atomic E-state index is 16.7. The number of nitrogens with one attached hydrogen (secondary N) is 1. The van der Waals surface area contributed by atoms with Crippen molar-refractivity contribution in [2.45, 2.75) is 50.9 Å². The third-order valence-corrected chi connectivity index (χ3v) is 7.06. The van der Waals surface area contributed by atoms with Crippen molar-refractivity contribution < 1.29 is 32.6 Å². The minimum absolute atomic E-state index is 0.262. The van der Waals surface area contributed by atoms with Gasteiger partial charge in [0.05, 0.1) is 11.9 Å². The van der Waals surface area contributed by atoms with Gasteiger partial charge >= 0.3 is 11.9 Å². The number of imidazole rings is 1.